The molecule has 3 heteroatoms. The van der Waals surface area contributed by atoms with Crippen molar-refractivity contribution in [2.24, 2.45) is 0 Å². The van der Waals surface area contributed by atoms with Crippen molar-refractivity contribution < 1.29 is 5.11 Å². The van der Waals surface area contributed by atoms with Crippen LogP contribution in [0.5, 0.6) is 5.75 Å². The Balaban J connectivity index is 2.94. The van der Waals surface area contributed by atoms with Crippen molar-refractivity contribution in [3.8, 4) is 11.8 Å². The minimum Gasteiger partial charge on any atom is -0.506 e. The van der Waals surface area contributed by atoms with Crippen molar-refractivity contribution in [1.82, 2.24) is 0 Å². The predicted octanol–water partition coefficient (Wildman–Crippen LogP) is 2.79. The lowest BCUT2D eigenvalue weighted by atomic mass is 10.1. The molecular formula is C10H7NOS. The number of hydrogen-bond donors (Lipinski definition) is 1. The van der Waals surface area contributed by atoms with Gasteiger partial charge in [-0.15, -0.1) is 11.3 Å². The van der Waals surface area contributed by atoms with Gasteiger partial charge in [0, 0.05) is 10.3 Å². The van der Waals surface area contributed by atoms with Gasteiger partial charge in [-0.25, -0.2) is 0 Å². The SMILES string of the molecule is Cc1c(O)c(C#N)cc2ccsc12. The molecule has 0 amide bonds. The molecule has 2 nitrogen and oxygen atoms in total. The first-order valence-corrected chi connectivity index (χ1v) is 4.72. The average molecular weight is 189 g/mol. The molecule has 64 valence electrons. The number of fused-ring (bicyclic) bond motifs is 1. The highest BCUT2D eigenvalue weighted by Gasteiger charge is 2.09. The first kappa shape index (κ1) is 8.09. The van der Waals surface area contributed by atoms with Crippen LogP contribution >= 0.6 is 11.3 Å². The van der Waals surface area contributed by atoms with Gasteiger partial charge in [-0.1, -0.05) is 0 Å². The lowest BCUT2D eigenvalue weighted by Crippen LogP contribution is -1.81. The third-order valence-electron chi connectivity index (χ3n) is 2.07. The fourth-order valence-electron chi connectivity index (χ4n) is 1.36. The molecule has 0 spiro atoms. The molecule has 0 fully saturated rings. The molecule has 0 saturated carbocycles. The third-order valence-corrected chi connectivity index (χ3v) is 3.12. The predicted molar refractivity (Wildman–Crippen MR) is 52.9 cm³/mol. The van der Waals surface area contributed by atoms with Gasteiger partial charge in [0.2, 0.25) is 0 Å². The van der Waals surface area contributed by atoms with Crippen LogP contribution in [0, 0.1) is 18.3 Å². The largest absolute Gasteiger partial charge is 0.506 e. The van der Waals surface area contributed by atoms with Gasteiger partial charge in [-0.05, 0) is 29.8 Å². The van der Waals surface area contributed by atoms with Crippen LogP contribution in [-0.4, -0.2) is 5.11 Å². The Morgan fingerprint density at radius 1 is 1.54 bits per heavy atom. The first-order chi connectivity index (χ1) is 6.24. The molecule has 1 heterocycles. The lowest BCUT2D eigenvalue weighted by molar-refractivity contribution is 0.470. The summed E-state index contributed by atoms with van der Waals surface area (Å²) in [6.45, 7) is 1.83. The Kier molecular flexibility index (Phi) is 1.71. The molecule has 1 aromatic carbocycles. The summed E-state index contributed by atoms with van der Waals surface area (Å²) in [7, 11) is 0. The summed E-state index contributed by atoms with van der Waals surface area (Å²) >= 11 is 1.58. The van der Waals surface area contributed by atoms with Crippen molar-refractivity contribution in [2.45, 2.75) is 6.92 Å². The average Bonchev–Trinajstić information content (AvgIpc) is 2.59. The first-order valence-electron chi connectivity index (χ1n) is 3.84. The van der Waals surface area contributed by atoms with Gasteiger partial charge in [0.25, 0.3) is 0 Å². The maximum absolute atomic E-state index is 9.60. The number of aryl methyl sites for hydroxylation is 1. The number of aromatic hydroxyl groups is 1. The third kappa shape index (κ3) is 1.07. The molecule has 0 bridgehead atoms. The summed E-state index contributed by atoms with van der Waals surface area (Å²) in [4.78, 5) is 0. The Labute approximate surface area is 79.7 Å². The molecule has 0 unspecified atom stereocenters. The van der Waals surface area contributed by atoms with Gasteiger partial charge in [0.05, 0.1) is 5.56 Å². The molecule has 1 N–H and O–H groups in total. The summed E-state index contributed by atoms with van der Waals surface area (Å²) in [5.41, 5.74) is 1.15. The van der Waals surface area contributed by atoms with Gasteiger partial charge >= 0.3 is 0 Å². The number of phenolic OH excluding ortho intramolecular Hbond substituents is 1. The minimum atomic E-state index is 0.109. The zero-order chi connectivity index (χ0) is 9.42. The summed E-state index contributed by atoms with van der Waals surface area (Å²) in [5.74, 6) is 0.109. The van der Waals surface area contributed by atoms with E-state index < -0.39 is 0 Å². The van der Waals surface area contributed by atoms with E-state index in [4.69, 9.17) is 5.26 Å². The monoisotopic (exact) mass is 189 g/mol. The van der Waals surface area contributed by atoms with E-state index in [2.05, 4.69) is 0 Å². The molecule has 2 aromatic rings. The second kappa shape index (κ2) is 2.75. The van der Waals surface area contributed by atoms with E-state index in [1.165, 1.54) is 0 Å². The van der Waals surface area contributed by atoms with Crippen LogP contribution in [0.1, 0.15) is 11.1 Å². The van der Waals surface area contributed by atoms with Crippen molar-refractivity contribution in [3.05, 3.63) is 28.6 Å². The summed E-state index contributed by atoms with van der Waals surface area (Å²) in [5, 5.41) is 21.3. The highest BCUT2D eigenvalue weighted by molar-refractivity contribution is 7.17. The Morgan fingerprint density at radius 3 is 3.00 bits per heavy atom. The molecule has 13 heavy (non-hydrogen) atoms. The smallest absolute Gasteiger partial charge is 0.137 e. The van der Waals surface area contributed by atoms with Crippen molar-refractivity contribution in [1.29, 1.82) is 5.26 Å². The molecule has 0 aliphatic heterocycles. The lowest BCUT2D eigenvalue weighted by Gasteiger charge is -2.01. The highest BCUT2D eigenvalue weighted by atomic mass is 32.1. The molecular weight excluding hydrogens is 182 g/mol. The number of thiophene rings is 1. The molecule has 0 atom stereocenters. The van der Waals surface area contributed by atoms with E-state index in [0.29, 0.717) is 5.56 Å². The van der Waals surface area contributed by atoms with Crippen LogP contribution in [-0.2, 0) is 0 Å². The standard InChI is InChI=1S/C10H7NOS/c1-6-9(12)8(5-11)4-7-2-3-13-10(6)7/h2-4,12H,1H3. The Hall–Kier alpha value is -1.53. The number of nitrogens with zero attached hydrogens (tertiary/aromatic N) is 1. The van der Waals surface area contributed by atoms with E-state index in [1.54, 1.807) is 17.4 Å². The van der Waals surface area contributed by atoms with Gasteiger partial charge in [0.1, 0.15) is 11.8 Å². The number of benzene rings is 1. The molecule has 0 saturated heterocycles. The summed E-state index contributed by atoms with van der Waals surface area (Å²) in [6.07, 6.45) is 0. The summed E-state index contributed by atoms with van der Waals surface area (Å²) in [6, 6.07) is 5.64. The number of hydrogen-bond acceptors (Lipinski definition) is 3. The number of rotatable bonds is 0. The molecule has 0 aliphatic rings. The maximum Gasteiger partial charge on any atom is 0.137 e. The Bertz CT molecular complexity index is 507. The second-order valence-electron chi connectivity index (χ2n) is 2.85. The Morgan fingerprint density at radius 2 is 2.31 bits per heavy atom. The van der Waals surface area contributed by atoms with E-state index in [1.807, 2.05) is 24.4 Å². The fraction of sp³-hybridized carbons (Fsp3) is 0.100. The van der Waals surface area contributed by atoms with E-state index >= 15 is 0 Å². The molecule has 2 rings (SSSR count). The normalized spacial score (nSPS) is 10.2. The van der Waals surface area contributed by atoms with Crippen molar-refractivity contribution in [2.75, 3.05) is 0 Å². The van der Waals surface area contributed by atoms with Crippen LogP contribution in [0.3, 0.4) is 0 Å². The van der Waals surface area contributed by atoms with Crippen LogP contribution in [0.25, 0.3) is 10.1 Å². The molecule has 0 radical (unpaired) electrons. The van der Waals surface area contributed by atoms with Crippen molar-refractivity contribution in [3.63, 3.8) is 0 Å². The topological polar surface area (TPSA) is 44.0 Å². The van der Waals surface area contributed by atoms with Crippen LogP contribution in [0.2, 0.25) is 0 Å². The molecule has 0 aliphatic carbocycles. The quantitative estimate of drug-likeness (QED) is 0.692. The zero-order valence-electron chi connectivity index (χ0n) is 7.03. The zero-order valence-corrected chi connectivity index (χ0v) is 7.85. The van der Waals surface area contributed by atoms with E-state index in [9.17, 15) is 5.11 Å². The van der Waals surface area contributed by atoms with Gasteiger partial charge in [-0.3, -0.25) is 0 Å². The number of phenols is 1. The van der Waals surface area contributed by atoms with Crippen LogP contribution in [0.4, 0.5) is 0 Å². The van der Waals surface area contributed by atoms with Gasteiger partial charge in [0.15, 0.2) is 0 Å². The van der Waals surface area contributed by atoms with Gasteiger partial charge in [-0.2, -0.15) is 5.26 Å². The minimum absolute atomic E-state index is 0.109. The maximum atomic E-state index is 9.60. The highest BCUT2D eigenvalue weighted by Crippen LogP contribution is 2.33. The fourth-order valence-corrected chi connectivity index (χ4v) is 2.24. The van der Waals surface area contributed by atoms with Crippen LogP contribution < -0.4 is 0 Å². The molecule has 1 aromatic heterocycles. The van der Waals surface area contributed by atoms with Gasteiger partial charge < -0.3 is 5.11 Å². The van der Waals surface area contributed by atoms with E-state index in [0.717, 1.165) is 15.6 Å². The number of nitriles is 1. The second-order valence-corrected chi connectivity index (χ2v) is 3.76. The van der Waals surface area contributed by atoms with E-state index in [-0.39, 0.29) is 5.75 Å². The van der Waals surface area contributed by atoms with Crippen molar-refractivity contribution >= 4 is 21.4 Å². The summed E-state index contributed by atoms with van der Waals surface area (Å²) < 4.78 is 1.05. The van der Waals surface area contributed by atoms with Crippen LogP contribution in [0.15, 0.2) is 17.5 Å².